The minimum absolute atomic E-state index is 0.708. The first-order valence-corrected chi connectivity index (χ1v) is 11.0. The number of hydrogen-bond donors (Lipinski definition) is 2. The van der Waals surface area contributed by atoms with Crippen molar-refractivity contribution in [1.82, 2.24) is 4.90 Å². The highest BCUT2D eigenvalue weighted by Crippen LogP contribution is 2.44. The number of para-hydroxylation sites is 1. The number of nitrogens with one attached hydrogen (secondary N) is 1. The van der Waals surface area contributed by atoms with Gasteiger partial charge in [0.25, 0.3) is 0 Å². The molecule has 0 radical (unpaired) electrons. The topological polar surface area (TPSA) is 44.5 Å². The number of nitrogen functional groups attached to an aromatic ring is 1. The Hall–Kier alpha value is -2.20. The van der Waals surface area contributed by atoms with E-state index in [4.69, 9.17) is 5.73 Å². The summed E-state index contributed by atoms with van der Waals surface area (Å²) in [6.45, 7) is 5.40. The number of nitrogens with zero attached hydrogens (tertiary/aromatic N) is 2. The smallest absolute Gasteiger partial charge is 0.0679 e. The Kier molecular flexibility index (Phi) is 4.89. The summed E-state index contributed by atoms with van der Waals surface area (Å²) in [7, 11) is 0. The Morgan fingerprint density at radius 2 is 1.64 bits per heavy atom. The molecule has 5 rings (SSSR count). The maximum absolute atomic E-state index is 6.21. The maximum atomic E-state index is 6.21. The molecule has 2 aromatic carbocycles. The van der Waals surface area contributed by atoms with Crippen molar-refractivity contribution >= 4 is 17.1 Å². The van der Waals surface area contributed by atoms with E-state index < -0.39 is 0 Å². The van der Waals surface area contributed by atoms with Gasteiger partial charge in [0.2, 0.25) is 0 Å². The van der Waals surface area contributed by atoms with E-state index in [2.05, 4.69) is 57.6 Å². The van der Waals surface area contributed by atoms with Gasteiger partial charge >= 0.3 is 0 Å². The number of hydrogen-bond acceptors (Lipinski definition) is 4. The van der Waals surface area contributed by atoms with Crippen molar-refractivity contribution < 1.29 is 0 Å². The Bertz CT molecular complexity index is 825. The number of nitrogens with two attached hydrogens (primary N) is 1. The summed E-state index contributed by atoms with van der Waals surface area (Å²) < 4.78 is 0. The standard InChI is InChI=1S/C24H32N4/c25-23-11-10-20(16-22(23)19-8-9-19)28-13-3-12-27(14-15-28)17-26-24-5-2-1-4-21(24)18-6-7-18/h1-2,4-5,10-11,16,18-19,26H,3,6-9,12-15,17,25H2. The molecule has 148 valence electrons. The van der Waals surface area contributed by atoms with Crippen molar-refractivity contribution in [2.75, 3.05) is 48.8 Å². The van der Waals surface area contributed by atoms with Crippen LogP contribution >= 0.6 is 0 Å². The largest absolute Gasteiger partial charge is 0.398 e. The summed E-state index contributed by atoms with van der Waals surface area (Å²) in [6, 6.07) is 15.5. The molecule has 3 fully saturated rings. The molecule has 1 heterocycles. The number of anilines is 3. The average molecular weight is 377 g/mol. The summed E-state index contributed by atoms with van der Waals surface area (Å²) in [5.74, 6) is 1.49. The first-order chi connectivity index (χ1) is 13.8. The minimum Gasteiger partial charge on any atom is -0.398 e. The van der Waals surface area contributed by atoms with E-state index in [0.29, 0.717) is 5.92 Å². The van der Waals surface area contributed by atoms with Crippen molar-refractivity contribution in [2.24, 2.45) is 0 Å². The fourth-order valence-electron chi connectivity index (χ4n) is 4.50. The number of rotatable bonds is 6. The molecule has 2 aliphatic carbocycles. The van der Waals surface area contributed by atoms with E-state index in [0.717, 1.165) is 44.5 Å². The van der Waals surface area contributed by atoms with Crippen LogP contribution in [0.3, 0.4) is 0 Å². The molecule has 2 saturated carbocycles. The highest BCUT2D eigenvalue weighted by atomic mass is 15.3. The molecule has 3 N–H and O–H groups in total. The van der Waals surface area contributed by atoms with Crippen LogP contribution in [-0.2, 0) is 0 Å². The van der Waals surface area contributed by atoms with Crippen molar-refractivity contribution in [1.29, 1.82) is 0 Å². The first-order valence-electron chi connectivity index (χ1n) is 11.0. The molecule has 4 nitrogen and oxygen atoms in total. The lowest BCUT2D eigenvalue weighted by molar-refractivity contribution is 0.314. The van der Waals surface area contributed by atoms with Gasteiger partial charge < -0.3 is 16.0 Å². The summed E-state index contributed by atoms with van der Waals surface area (Å²) in [6.07, 6.45) is 6.50. The van der Waals surface area contributed by atoms with Crippen LogP contribution < -0.4 is 16.0 Å². The van der Waals surface area contributed by atoms with E-state index in [1.165, 1.54) is 54.6 Å². The van der Waals surface area contributed by atoms with Crippen LogP contribution in [0.5, 0.6) is 0 Å². The molecule has 0 atom stereocenters. The molecular weight excluding hydrogens is 344 g/mol. The van der Waals surface area contributed by atoms with E-state index >= 15 is 0 Å². The van der Waals surface area contributed by atoms with Gasteiger partial charge in [-0.1, -0.05) is 18.2 Å². The lowest BCUT2D eigenvalue weighted by atomic mass is 10.1. The van der Waals surface area contributed by atoms with Crippen LogP contribution in [0, 0.1) is 0 Å². The normalized spacial score (nSPS) is 20.8. The SMILES string of the molecule is Nc1ccc(N2CCCN(CNc3ccccc3C3CC3)CC2)cc1C1CC1. The summed E-state index contributed by atoms with van der Waals surface area (Å²) in [5, 5.41) is 3.72. The minimum atomic E-state index is 0.708. The Labute approximate surface area is 168 Å². The maximum Gasteiger partial charge on any atom is 0.0679 e. The zero-order valence-corrected chi connectivity index (χ0v) is 16.7. The van der Waals surface area contributed by atoms with Gasteiger partial charge in [-0.15, -0.1) is 0 Å². The quantitative estimate of drug-likeness (QED) is 0.723. The lowest BCUT2D eigenvalue weighted by Crippen LogP contribution is -2.34. The Balaban J connectivity index is 1.20. The second kappa shape index (κ2) is 7.67. The predicted octanol–water partition coefficient (Wildman–Crippen LogP) is 4.61. The molecule has 0 spiro atoms. The molecular formula is C24H32N4. The zero-order valence-electron chi connectivity index (χ0n) is 16.7. The molecule has 0 aromatic heterocycles. The third kappa shape index (κ3) is 3.97. The van der Waals surface area contributed by atoms with Crippen LogP contribution in [0.25, 0.3) is 0 Å². The van der Waals surface area contributed by atoms with Gasteiger partial charge in [-0.25, -0.2) is 0 Å². The van der Waals surface area contributed by atoms with Gasteiger partial charge in [-0.2, -0.15) is 0 Å². The molecule has 1 aliphatic heterocycles. The number of benzene rings is 2. The van der Waals surface area contributed by atoms with Gasteiger partial charge in [0.1, 0.15) is 0 Å². The molecule has 28 heavy (non-hydrogen) atoms. The van der Waals surface area contributed by atoms with Crippen molar-refractivity contribution in [2.45, 2.75) is 43.9 Å². The highest BCUT2D eigenvalue weighted by molar-refractivity contribution is 5.60. The molecule has 4 heteroatoms. The van der Waals surface area contributed by atoms with Gasteiger partial charge in [-0.05, 0) is 79.3 Å². The first kappa shape index (κ1) is 17.9. The molecule has 3 aliphatic rings. The Morgan fingerprint density at radius 1 is 0.857 bits per heavy atom. The predicted molar refractivity (Wildman–Crippen MR) is 118 cm³/mol. The average Bonchev–Trinajstić information content (AvgIpc) is 3.59. The van der Waals surface area contributed by atoms with E-state index in [9.17, 15) is 0 Å². The van der Waals surface area contributed by atoms with E-state index in [1.807, 2.05) is 0 Å². The third-order valence-corrected chi connectivity index (χ3v) is 6.51. The van der Waals surface area contributed by atoms with Crippen molar-refractivity contribution in [3.8, 4) is 0 Å². The second-order valence-electron chi connectivity index (χ2n) is 8.74. The van der Waals surface area contributed by atoms with Crippen molar-refractivity contribution in [3.05, 3.63) is 53.6 Å². The van der Waals surface area contributed by atoms with Gasteiger partial charge in [0.15, 0.2) is 0 Å². The van der Waals surface area contributed by atoms with Crippen LogP contribution in [0.1, 0.15) is 55.1 Å². The lowest BCUT2D eigenvalue weighted by Gasteiger charge is -2.25. The van der Waals surface area contributed by atoms with Gasteiger partial charge in [-0.3, -0.25) is 4.90 Å². The summed E-state index contributed by atoms with van der Waals surface area (Å²) in [5.41, 5.74) is 12.7. The summed E-state index contributed by atoms with van der Waals surface area (Å²) in [4.78, 5) is 5.10. The van der Waals surface area contributed by atoms with Crippen molar-refractivity contribution in [3.63, 3.8) is 0 Å². The van der Waals surface area contributed by atoms with Crippen LogP contribution in [0.15, 0.2) is 42.5 Å². The van der Waals surface area contributed by atoms with E-state index in [1.54, 1.807) is 0 Å². The Morgan fingerprint density at radius 3 is 2.46 bits per heavy atom. The van der Waals surface area contributed by atoms with Crippen LogP contribution in [-0.4, -0.2) is 37.7 Å². The second-order valence-corrected chi connectivity index (χ2v) is 8.74. The molecule has 0 amide bonds. The monoisotopic (exact) mass is 376 g/mol. The fraction of sp³-hybridized carbons (Fsp3) is 0.500. The summed E-state index contributed by atoms with van der Waals surface area (Å²) >= 11 is 0. The molecule has 1 saturated heterocycles. The van der Waals surface area contributed by atoms with Crippen LogP contribution in [0.2, 0.25) is 0 Å². The zero-order chi connectivity index (χ0) is 18.9. The van der Waals surface area contributed by atoms with E-state index in [-0.39, 0.29) is 0 Å². The fourth-order valence-corrected chi connectivity index (χ4v) is 4.50. The molecule has 0 bridgehead atoms. The van der Waals surface area contributed by atoms with Gasteiger partial charge in [0, 0.05) is 43.2 Å². The highest BCUT2D eigenvalue weighted by Gasteiger charge is 2.27. The third-order valence-electron chi connectivity index (χ3n) is 6.51. The molecule has 2 aromatic rings. The van der Waals surface area contributed by atoms with Crippen LogP contribution in [0.4, 0.5) is 17.1 Å². The van der Waals surface area contributed by atoms with Gasteiger partial charge in [0.05, 0.1) is 6.67 Å². The molecule has 0 unspecified atom stereocenters.